The summed E-state index contributed by atoms with van der Waals surface area (Å²) in [5, 5.41) is 3.56. The molecule has 1 aromatic carbocycles. The minimum absolute atomic E-state index is 0.377. The first-order valence-electron chi connectivity index (χ1n) is 6.39. The van der Waals surface area contributed by atoms with Gasteiger partial charge in [0.25, 0.3) is 0 Å². The van der Waals surface area contributed by atoms with Crippen LogP contribution in [0.1, 0.15) is 34.5 Å². The molecule has 0 aliphatic heterocycles. The van der Waals surface area contributed by atoms with E-state index < -0.39 is 0 Å². The van der Waals surface area contributed by atoms with Gasteiger partial charge in [0.2, 0.25) is 0 Å². The molecule has 0 aliphatic rings. The van der Waals surface area contributed by atoms with Crippen molar-refractivity contribution in [3.8, 4) is 0 Å². The van der Waals surface area contributed by atoms with Crippen LogP contribution in [0.15, 0.2) is 29.9 Å². The van der Waals surface area contributed by atoms with Crippen molar-refractivity contribution < 1.29 is 0 Å². The van der Waals surface area contributed by atoms with Gasteiger partial charge in [-0.25, -0.2) is 0 Å². The first-order valence-corrected chi connectivity index (χ1v) is 7.27. The molecule has 0 bridgehead atoms. The number of aryl methyl sites for hydroxylation is 2. The number of likely N-dealkylation sites (N-methyl/N-ethyl adjacent to an activating group) is 1. The maximum atomic E-state index is 4.19. The molecule has 96 valence electrons. The fourth-order valence-electron chi connectivity index (χ4n) is 2.29. The van der Waals surface area contributed by atoms with Crippen molar-refractivity contribution in [3.63, 3.8) is 0 Å². The van der Waals surface area contributed by atoms with Gasteiger partial charge in [-0.1, -0.05) is 25.1 Å². The first kappa shape index (κ1) is 13.2. The maximum absolute atomic E-state index is 4.19. The summed E-state index contributed by atoms with van der Waals surface area (Å²) in [6.07, 6.45) is 3.01. The molecule has 1 atom stereocenters. The average molecular weight is 260 g/mol. The molecule has 0 amide bonds. The molecule has 0 fully saturated rings. The van der Waals surface area contributed by atoms with Crippen molar-refractivity contribution in [1.29, 1.82) is 0 Å². The Morgan fingerprint density at radius 3 is 2.56 bits per heavy atom. The van der Waals surface area contributed by atoms with E-state index in [0.29, 0.717) is 6.04 Å². The summed E-state index contributed by atoms with van der Waals surface area (Å²) in [5.41, 5.74) is 6.12. The number of hydrogen-bond acceptors (Lipinski definition) is 3. The predicted octanol–water partition coefficient (Wildman–Crippen LogP) is 3.65. The van der Waals surface area contributed by atoms with Crippen LogP contribution in [-0.4, -0.2) is 11.5 Å². The predicted molar refractivity (Wildman–Crippen MR) is 78.2 cm³/mol. The van der Waals surface area contributed by atoms with Crippen molar-refractivity contribution >= 4 is 11.3 Å². The number of benzene rings is 1. The zero-order chi connectivity index (χ0) is 13.0. The van der Waals surface area contributed by atoms with Crippen LogP contribution in [0.3, 0.4) is 0 Å². The Hall–Kier alpha value is -1.19. The Bertz CT molecular complexity index is 471. The lowest BCUT2D eigenvalue weighted by molar-refractivity contribution is 0.555. The second kappa shape index (κ2) is 6.12. The minimum atomic E-state index is 0.377. The second-order valence-electron chi connectivity index (χ2n) is 4.59. The van der Waals surface area contributed by atoms with Crippen LogP contribution >= 0.6 is 11.3 Å². The standard InChI is InChI=1S/C15H20N2S/c1-4-17-14(15-9-16-10-18-15)8-13-11(2)6-5-7-12(13)3/h5-7,9-10,14,17H,4,8H2,1-3H3. The zero-order valence-corrected chi connectivity index (χ0v) is 12.1. The summed E-state index contributed by atoms with van der Waals surface area (Å²) in [6.45, 7) is 7.52. The number of nitrogens with one attached hydrogen (secondary N) is 1. The molecule has 2 nitrogen and oxygen atoms in total. The number of aromatic nitrogens is 1. The van der Waals surface area contributed by atoms with Gasteiger partial charge in [-0.15, -0.1) is 11.3 Å². The highest BCUT2D eigenvalue weighted by Gasteiger charge is 2.15. The topological polar surface area (TPSA) is 24.9 Å². The van der Waals surface area contributed by atoms with Crippen LogP contribution in [0.5, 0.6) is 0 Å². The normalized spacial score (nSPS) is 12.6. The van der Waals surface area contributed by atoms with Crippen molar-refractivity contribution in [3.05, 3.63) is 51.5 Å². The van der Waals surface area contributed by atoms with Crippen molar-refractivity contribution in [2.45, 2.75) is 33.2 Å². The lowest BCUT2D eigenvalue weighted by Gasteiger charge is -2.19. The van der Waals surface area contributed by atoms with E-state index in [9.17, 15) is 0 Å². The Balaban J connectivity index is 2.24. The maximum Gasteiger partial charge on any atom is 0.0794 e. The van der Waals surface area contributed by atoms with Crippen LogP contribution in [0.25, 0.3) is 0 Å². The summed E-state index contributed by atoms with van der Waals surface area (Å²) in [6, 6.07) is 6.89. The van der Waals surface area contributed by atoms with Gasteiger partial charge in [-0.3, -0.25) is 4.98 Å². The highest BCUT2D eigenvalue weighted by molar-refractivity contribution is 7.09. The molecule has 18 heavy (non-hydrogen) atoms. The van der Waals surface area contributed by atoms with Gasteiger partial charge >= 0.3 is 0 Å². The summed E-state index contributed by atoms with van der Waals surface area (Å²) < 4.78 is 0. The molecule has 3 heteroatoms. The SMILES string of the molecule is CCNC(Cc1c(C)cccc1C)c1cncs1. The van der Waals surface area contributed by atoms with E-state index in [1.54, 1.807) is 11.3 Å². The fourth-order valence-corrected chi connectivity index (χ4v) is 2.99. The van der Waals surface area contributed by atoms with Crippen LogP contribution < -0.4 is 5.32 Å². The van der Waals surface area contributed by atoms with Crippen LogP contribution in [0.4, 0.5) is 0 Å². The quantitative estimate of drug-likeness (QED) is 0.887. The smallest absolute Gasteiger partial charge is 0.0794 e. The average Bonchev–Trinajstić information content (AvgIpc) is 2.86. The Kier molecular flexibility index (Phi) is 4.50. The van der Waals surface area contributed by atoms with E-state index in [0.717, 1.165) is 13.0 Å². The molecular formula is C15H20N2S. The number of nitrogens with zero attached hydrogens (tertiary/aromatic N) is 1. The molecular weight excluding hydrogens is 240 g/mol. The summed E-state index contributed by atoms with van der Waals surface area (Å²) >= 11 is 1.73. The molecule has 2 rings (SSSR count). The first-order chi connectivity index (χ1) is 8.72. The summed E-state index contributed by atoms with van der Waals surface area (Å²) in [5.74, 6) is 0. The Morgan fingerprint density at radius 2 is 2.00 bits per heavy atom. The van der Waals surface area contributed by atoms with Gasteiger partial charge in [0.05, 0.1) is 5.51 Å². The third kappa shape index (κ3) is 2.98. The molecule has 1 aromatic heterocycles. The van der Waals surface area contributed by atoms with Crippen LogP contribution in [0, 0.1) is 13.8 Å². The third-order valence-electron chi connectivity index (χ3n) is 3.30. The molecule has 0 saturated carbocycles. The molecule has 0 saturated heterocycles. The molecule has 0 spiro atoms. The largest absolute Gasteiger partial charge is 0.309 e. The van der Waals surface area contributed by atoms with E-state index in [-0.39, 0.29) is 0 Å². The fraction of sp³-hybridized carbons (Fsp3) is 0.400. The lowest BCUT2D eigenvalue weighted by atomic mass is 9.96. The van der Waals surface area contributed by atoms with E-state index in [4.69, 9.17) is 0 Å². The highest BCUT2D eigenvalue weighted by atomic mass is 32.1. The molecule has 0 radical (unpaired) electrons. The van der Waals surface area contributed by atoms with E-state index in [1.165, 1.54) is 21.6 Å². The van der Waals surface area contributed by atoms with Gasteiger partial charge in [0, 0.05) is 17.1 Å². The highest BCUT2D eigenvalue weighted by Crippen LogP contribution is 2.25. The van der Waals surface area contributed by atoms with E-state index >= 15 is 0 Å². The third-order valence-corrected chi connectivity index (χ3v) is 4.19. The number of thiazole rings is 1. The van der Waals surface area contributed by atoms with Gasteiger partial charge < -0.3 is 5.32 Å². The van der Waals surface area contributed by atoms with Crippen LogP contribution in [0.2, 0.25) is 0 Å². The van der Waals surface area contributed by atoms with Gasteiger partial charge in [0.15, 0.2) is 0 Å². The van der Waals surface area contributed by atoms with Crippen molar-refractivity contribution in [2.24, 2.45) is 0 Å². The minimum Gasteiger partial charge on any atom is -0.309 e. The molecule has 1 heterocycles. The summed E-state index contributed by atoms with van der Waals surface area (Å²) in [4.78, 5) is 5.51. The molecule has 0 aliphatic carbocycles. The summed E-state index contributed by atoms with van der Waals surface area (Å²) in [7, 11) is 0. The van der Waals surface area contributed by atoms with E-state index in [2.05, 4.69) is 49.3 Å². The molecule has 2 aromatic rings. The second-order valence-corrected chi connectivity index (χ2v) is 5.51. The van der Waals surface area contributed by atoms with E-state index in [1.807, 2.05) is 11.7 Å². The Labute approximate surface area is 113 Å². The van der Waals surface area contributed by atoms with Gasteiger partial charge in [-0.2, -0.15) is 0 Å². The molecule has 1 N–H and O–H groups in total. The number of rotatable bonds is 5. The van der Waals surface area contributed by atoms with Crippen LogP contribution in [-0.2, 0) is 6.42 Å². The zero-order valence-electron chi connectivity index (χ0n) is 11.2. The molecule has 1 unspecified atom stereocenters. The number of hydrogen-bond donors (Lipinski definition) is 1. The van der Waals surface area contributed by atoms with Crippen molar-refractivity contribution in [2.75, 3.05) is 6.54 Å². The Morgan fingerprint density at radius 1 is 1.28 bits per heavy atom. The lowest BCUT2D eigenvalue weighted by Crippen LogP contribution is -2.22. The monoisotopic (exact) mass is 260 g/mol. The van der Waals surface area contributed by atoms with Gasteiger partial charge in [-0.05, 0) is 43.5 Å². The van der Waals surface area contributed by atoms with Gasteiger partial charge in [0.1, 0.15) is 0 Å². The van der Waals surface area contributed by atoms with Crippen molar-refractivity contribution in [1.82, 2.24) is 10.3 Å².